The Morgan fingerprint density at radius 3 is 2.17 bits per heavy atom. The quantitative estimate of drug-likeness (QED) is 0.712. The number of benzene rings is 1. The van der Waals surface area contributed by atoms with E-state index in [2.05, 4.69) is 18.9 Å². The molecule has 1 aromatic rings. The van der Waals surface area contributed by atoms with E-state index >= 15 is 0 Å². The molecule has 0 saturated heterocycles. The Kier molecular flexibility index (Phi) is 6.30. The average Bonchev–Trinajstić information content (AvgIpc) is 2.38. The summed E-state index contributed by atoms with van der Waals surface area (Å²) in [6.45, 7) is 3.09. The highest BCUT2D eigenvalue weighted by molar-refractivity contribution is 6.18. The number of rotatable bonds is 7. The number of hydrogen-bond acceptors (Lipinski definition) is 3. The average molecular weight is 272 g/mol. The topological polar surface area (TPSA) is 21.7 Å². The third-order valence-electron chi connectivity index (χ3n) is 3.13. The van der Waals surface area contributed by atoms with E-state index in [1.807, 2.05) is 18.2 Å². The zero-order chi connectivity index (χ0) is 13.5. The largest absolute Gasteiger partial charge is 0.497 e. The molecule has 1 unspecified atom stereocenters. The fourth-order valence-electron chi connectivity index (χ4n) is 1.83. The smallest absolute Gasteiger partial charge is 0.122 e. The molecule has 4 heteroatoms. The van der Waals surface area contributed by atoms with Crippen LogP contribution in [0, 0.1) is 0 Å². The van der Waals surface area contributed by atoms with E-state index in [1.165, 1.54) is 5.56 Å². The van der Waals surface area contributed by atoms with Gasteiger partial charge in [0.1, 0.15) is 11.5 Å². The second-order valence-electron chi connectivity index (χ2n) is 4.44. The van der Waals surface area contributed by atoms with Gasteiger partial charge in [0.25, 0.3) is 0 Å². The van der Waals surface area contributed by atoms with E-state index in [0.717, 1.165) is 24.5 Å². The zero-order valence-electron chi connectivity index (χ0n) is 11.6. The van der Waals surface area contributed by atoms with Gasteiger partial charge in [0.15, 0.2) is 0 Å². The standard InChI is InChI=1S/C14H22ClNO2/c1-11(16(2)6-5-15)7-12-8-13(17-3)10-14(9-12)18-4/h8-11H,5-7H2,1-4H3. The van der Waals surface area contributed by atoms with Crippen molar-refractivity contribution >= 4 is 11.6 Å². The van der Waals surface area contributed by atoms with Gasteiger partial charge in [-0.2, -0.15) is 0 Å². The zero-order valence-corrected chi connectivity index (χ0v) is 12.3. The maximum atomic E-state index is 5.76. The van der Waals surface area contributed by atoms with Gasteiger partial charge in [0, 0.05) is 24.5 Å². The van der Waals surface area contributed by atoms with Crippen molar-refractivity contribution in [2.24, 2.45) is 0 Å². The molecule has 3 nitrogen and oxygen atoms in total. The van der Waals surface area contributed by atoms with Crippen LogP contribution in [-0.4, -0.2) is 44.6 Å². The van der Waals surface area contributed by atoms with Crippen LogP contribution in [0.2, 0.25) is 0 Å². The Balaban J connectivity index is 2.76. The van der Waals surface area contributed by atoms with Crippen molar-refractivity contribution in [3.05, 3.63) is 23.8 Å². The Morgan fingerprint density at radius 2 is 1.72 bits per heavy atom. The maximum Gasteiger partial charge on any atom is 0.122 e. The summed E-state index contributed by atoms with van der Waals surface area (Å²) in [7, 11) is 5.42. The van der Waals surface area contributed by atoms with Crippen LogP contribution >= 0.6 is 11.6 Å². The number of likely N-dealkylation sites (N-methyl/N-ethyl adjacent to an activating group) is 1. The van der Waals surface area contributed by atoms with Crippen molar-refractivity contribution in [2.45, 2.75) is 19.4 Å². The monoisotopic (exact) mass is 271 g/mol. The first-order valence-corrected chi connectivity index (χ1v) is 6.62. The van der Waals surface area contributed by atoms with Gasteiger partial charge >= 0.3 is 0 Å². The predicted octanol–water partition coefficient (Wildman–Crippen LogP) is 2.81. The van der Waals surface area contributed by atoms with Gasteiger partial charge in [-0.25, -0.2) is 0 Å². The van der Waals surface area contributed by atoms with E-state index in [0.29, 0.717) is 11.9 Å². The Hall–Kier alpha value is -0.930. The molecule has 1 aromatic carbocycles. The van der Waals surface area contributed by atoms with Crippen LogP contribution < -0.4 is 9.47 Å². The SMILES string of the molecule is COc1cc(CC(C)N(C)CCCl)cc(OC)c1. The number of hydrogen-bond donors (Lipinski definition) is 0. The number of methoxy groups -OCH3 is 2. The minimum atomic E-state index is 0.431. The third-order valence-corrected chi connectivity index (χ3v) is 3.30. The van der Waals surface area contributed by atoms with Crippen molar-refractivity contribution in [3.8, 4) is 11.5 Å². The molecule has 0 amide bonds. The first-order valence-electron chi connectivity index (χ1n) is 6.08. The summed E-state index contributed by atoms with van der Waals surface area (Å²) in [6.07, 6.45) is 0.945. The fraction of sp³-hybridized carbons (Fsp3) is 0.571. The van der Waals surface area contributed by atoms with E-state index < -0.39 is 0 Å². The lowest BCUT2D eigenvalue weighted by Crippen LogP contribution is -2.32. The summed E-state index contributed by atoms with van der Waals surface area (Å²) in [4.78, 5) is 2.25. The van der Waals surface area contributed by atoms with Crippen LogP contribution in [0.1, 0.15) is 12.5 Å². The van der Waals surface area contributed by atoms with Gasteiger partial charge in [-0.15, -0.1) is 11.6 Å². The fourth-order valence-corrected chi connectivity index (χ4v) is 2.10. The summed E-state index contributed by atoms with van der Waals surface area (Å²) >= 11 is 5.76. The lowest BCUT2D eigenvalue weighted by molar-refractivity contribution is 0.271. The van der Waals surface area contributed by atoms with Gasteiger partial charge in [-0.3, -0.25) is 0 Å². The van der Waals surface area contributed by atoms with E-state index in [-0.39, 0.29) is 0 Å². The lowest BCUT2D eigenvalue weighted by Gasteiger charge is -2.24. The van der Waals surface area contributed by atoms with Gasteiger partial charge < -0.3 is 14.4 Å². The highest BCUT2D eigenvalue weighted by Gasteiger charge is 2.11. The Labute approximate surface area is 115 Å². The minimum Gasteiger partial charge on any atom is -0.497 e. The number of halogens is 1. The Morgan fingerprint density at radius 1 is 1.17 bits per heavy atom. The predicted molar refractivity (Wildman–Crippen MR) is 76.1 cm³/mol. The first-order chi connectivity index (χ1) is 8.60. The second kappa shape index (κ2) is 7.49. The van der Waals surface area contributed by atoms with Gasteiger partial charge in [-0.1, -0.05) is 0 Å². The highest BCUT2D eigenvalue weighted by Crippen LogP contribution is 2.23. The minimum absolute atomic E-state index is 0.431. The maximum absolute atomic E-state index is 5.76. The molecule has 0 bridgehead atoms. The summed E-state index contributed by atoms with van der Waals surface area (Å²) < 4.78 is 10.5. The van der Waals surface area contributed by atoms with Crippen molar-refractivity contribution < 1.29 is 9.47 Å². The van der Waals surface area contributed by atoms with Gasteiger partial charge in [-0.05, 0) is 38.1 Å². The summed E-state index contributed by atoms with van der Waals surface area (Å²) in [5.41, 5.74) is 1.21. The number of nitrogens with zero attached hydrogens (tertiary/aromatic N) is 1. The molecule has 0 fully saturated rings. The molecule has 1 rings (SSSR count). The van der Waals surface area contributed by atoms with Crippen molar-refractivity contribution in [1.29, 1.82) is 0 Å². The van der Waals surface area contributed by atoms with Crippen LogP contribution in [0.25, 0.3) is 0 Å². The molecule has 0 aromatic heterocycles. The molecule has 1 atom stereocenters. The number of ether oxygens (including phenoxy) is 2. The van der Waals surface area contributed by atoms with Crippen molar-refractivity contribution in [1.82, 2.24) is 4.90 Å². The third kappa shape index (κ3) is 4.39. The molecule has 0 heterocycles. The lowest BCUT2D eigenvalue weighted by atomic mass is 10.1. The normalized spacial score (nSPS) is 12.6. The van der Waals surface area contributed by atoms with E-state index in [9.17, 15) is 0 Å². The molecular formula is C14H22ClNO2. The molecule has 0 aliphatic carbocycles. The van der Waals surface area contributed by atoms with Gasteiger partial charge in [0.2, 0.25) is 0 Å². The molecule has 102 valence electrons. The molecule has 18 heavy (non-hydrogen) atoms. The van der Waals surface area contributed by atoms with Crippen LogP contribution in [0.5, 0.6) is 11.5 Å². The molecule has 0 aliphatic heterocycles. The molecule has 0 saturated carbocycles. The summed E-state index contributed by atoms with van der Waals surface area (Å²) in [5.74, 6) is 2.32. The molecule has 0 radical (unpaired) electrons. The first kappa shape index (κ1) is 15.1. The van der Waals surface area contributed by atoms with Crippen LogP contribution in [0.15, 0.2) is 18.2 Å². The van der Waals surface area contributed by atoms with Gasteiger partial charge in [0.05, 0.1) is 14.2 Å². The number of alkyl halides is 1. The van der Waals surface area contributed by atoms with Crippen LogP contribution in [0.3, 0.4) is 0 Å². The molecule has 0 N–H and O–H groups in total. The summed E-state index contributed by atoms with van der Waals surface area (Å²) in [5, 5.41) is 0. The van der Waals surface area contributed by atoms with Crippen LogP contribution in [-0.2, 0) is 6.42 Å². The van der Waals surface area contributed by atoms with Crippen molar-refractivity contribution in [3.63, 3.8) is 0 Å². The van der Waals surface area contributed by atoms with E-state index in [4.69, 9.17) is 21.1 Å². The molecule has 0 spiro atoms. The van der Waals surface area contributed by atoms with Crippen molar-refractivity contribution in [2.75, 3.05) is 33.7 Å². The summed E-state index contributed by atoms with van der Waals surface area (Å²) in [6, 6.07) is 6.41. The molecule has 0 aliphatic rings. The molecular weight excluding hydrogens is 250 g/mol. The van der Waals surface area contributed by atoms with E-state index in [1.54, 1.807) is 14.2 Å². The van der Waals surface area contributed by atoms with Crippen LogP contribution in [0.4, 0.5) is 0 Å². The highest BCUT2D eigenvalue weighted by atomic mass is 35.5. The second-order valence-corrected chi connectivity index (χ2v) is 4.82. The Bertz CT molecular complexity index is 349.